The van der Waals surface area contributed by atoms with Crippen molar-refractivity contribution in [3.8, 4) is 0 Å². The van der Waals surface area contributed by atoms with Gasteiger partial charge in [-0.1, -0.05) is 35.5 Å². The van der Waals surface area contributed by atoms with E-state index in [0.717, 1.165) is 18.5 Å². The minimum Gasteiger partial charge on any atom is -0.355 e. The lowest BCUT2D eigenvalue weighted by atomic mass is 10.1. The van der Waals surface area contributed by atoms with E-state index in [-0.39, 0.29) is 5.91 Å². The van der Waals surface area contributed by atoms with Gasteiger partial charge in [0.2, 0.25) is 5.91 Å². The lowest BCUT2D eigenvalue weighted by Gasteiger charge is -2.12. The minimum absolute atomic E-state index is 0.118. The molecule has 20 heavy (non-hydrogen) atoms. The van der Waals surface area contributed by atoms with Crippen molar-refractivity contribution in [2.24, 2.45) is 5.73 Å². The average Bonchev–Trinajstić information content (AvgIpc) is 2.97. The van der Waals surface area contributed by atoms with Gasteiger partial charge in [0, 0.05) is 19.3 Å². The maximum absolute atomic E-state index is 11.8. The molecule has 0 radical (unpaired) electrons. The topological polar surface area (TPSA) is 85.8 Å². The summed E-state index contributed by atoms with van der Waals surface area (Å²) in [6, 6.07) is 9.26. The Bertz CT molecular complexity index is 512. The number of nitrogens with zero attached hydrogens (tertiary/aromatic N) is 3. The Morgan fingerprint density at radius 1 is 1.35 bits per heavy atom. The van der Waals surface area contributed by atoms with Crippen molar-refractivity contribution >= 4 is 5.91 Å². The predicted octanol–water partition coefficient (Wildman–Crippen LogP) is 0.354. The standard InChI is InChI=1S/C14H19N5O/c15-13(11-12-5-2-1-3-6-12)14(20)16-7-4-9-19-10-8-17-18-19/h1-3,5-6,8,10,13H,4,7,9,11,15H2,(H,16,20)/t13-/m1/s1. The molecule has 0 saturated carbocycles. The zero-order chi connectivity index (χ0) is 14.2. The molecule has 1 atom stereocenters. The number of benzene rings is 1. The smallest absolute Gasteiger partial charge is 0.237 e. The van der Waals surface area contributed by atoms with E-state index >= 15 is 0 Å². The molecular weight excluding hydrogens is 254 g/mol. The van der Waals surface area contributed by atoms with Crippen LogP contribution in [0.3, 0.4) is 0 Å². The zero-order valence-corrected chi connectivity index (χ0v) is 11.3. The molecule has 106 valence electrons. The normalized spacial score (nSPS) is 12.1. The highest BCUT2D eigenvalue weighted by atomic mass is 16.2. The quantitative estimate of drug-likeness (QED) is 0.713. The Hall–Kier alpha value is -2.21. The molecule has 1 heterocycles. The summed E-state index contributed by atoms with van der Waals surface area (Å²) in [6.07, 6.45) is 4.78. The van der Waals surface area contributed by atoms with E-state index in [0.29, 0.717) is 13.0 Å². The van der Waals surface area contributed by atoms with Crippen molar-refractivity contribution in [3.63, 3.8) is 0 Å². The molecule has 0 aliphatic heterocycles. The van der Waals surface area contributed by atoms with Crippen molar-refractivity contribution in [1.29, 1.82) is 0 Å². The highest BCUT2D eigenvalue weighted by Gasteiger charge is 2.13. The second kappa shape index (κ2) is 7.40. The van der Waals surface area contributed by atoms with Crippen LogP contribution in [0, 0.1) is 0 Å². The number of carbonyl (C=O) groups excluding carboxylic acids is 1. The van der Waals surface area contributed by atoms with E-state index in [9.17, 15) is 4.79 Å². The number of aryl methyl sites for hydroxylation is 1. The fourth-order valence-electron chi connectivity index (χ4n) is 1.90. The summed E-state index contributed by atoms with van der Waals surface area (Å²) in [5.74, 6) is -0.118. The Labute approximate surface area is 118 Å². The first kappa shape index (κ1) is 14.2. The van der Waals surface area contributed by atoms with Crippen molar-refractivity contribution in [3.05, 3.63) is 48.3 Å². The molecule has 0 aliphatic carbocycles. The molecule has 1 amide bonds. The highest BCUT2D eigenvalue weighted by molar-refractivity contribution is 5.81. The first-order valence-corrected chi connectivity index (χ1v) is 6.67. The van der Waals surface area contributed by atoms with Crippen molar-refractivity contribution in [1.82, 2.24) is 20.3 Å². The summed E-state index contributed by atoms with van der Waals surface area (Å²) < 4.78 is 1.73. The Morgan fingerprint density at radius 2 is 2.15 bits per heavy atom. The maximum atomic E-state index is 11.8. The first-order valence-electron chi connectivity index (χ1n) is 6.67. The molecular formula is C14H19N5O. The lowest BCUT2D eigenvalue weighted by Crippen LogP contribution is -2.42. The molecule has 0 spiro atoms. The number of hydrogen-bond donors (Lipinski definition) is 2. The van der Waals surface area contributed by atoms with Crippen LogP contribution in [0.5, 0.6) is 0 Å². The van der Waals surface area contributed by atoms with Crippen molar-refractivity contribution in [2.75, 3.05) is 6.54 Å². The zero-order valence-electron chi connectivity index (χ0n) is 11.3. The van der Waals surface area contributed by atoms with Crippen LogP contribution in [0.15, 0.2) is 42.7 Å². The van der Waals surface area contributed by atoms with Crippen LogP contribution in [0.2, 0.25) is 0 Å². The van der Waals surface area contributed by atoms with Gasteiger partial charge in [-0.15, -0.1) is 5.10 Å². The van der Waals surface area contributed by atoms with E-state index in [4.69, 9.17) is 5.73 Å². The van der Waals surface area contributed by atoms with E-state index in [1.165, 1.54) is 0 Å². The third-order valence-corrected chi connectivity index (χ3v) is 2.97. The number of rotatable bonds is 7. The Balaban J connectivity index is 1.66. The van der Waals surface area contributed by atoms with Crippen LogP contribution in [0.25, 0.3) is 0 Å². The summed E-state index contributed by atoms with van der Waals surface area (Å²) in [7, 11) is 0. The third kappa shape index (κ3) is 4.47. The molecule has 6 heteroatoms. The minimum atomic E-state index is -0.510. The summed E-state index contributed by atoms with van der Waals surface area (Å²) in [5, 5.41) is 10.4. The van der Waals surface area contributed by atoms with Crippen LogP contribution in [0.4, 0.5) is 0 Å². The van der Waals surface area contributed by atoms with Gasteiger partial charge in [-0.2, -0.15) is 0 Å². The molecule has 2 rings (SSSR count). The molecule has 1 aromatic heterocycles. The second-order valence-electron chi connectivity index (χ2n) is 4.61. The summed E-state index contributed by atoms with van der Waals surface area (Å²) in [5.41, 5.74) is 6.95. The monoisotopic (exact) mass is 273 g/mol. The SMILES string of the molecule is N[C@H](Cc1ccccc1)C(=O)NCCCn1ccnn1. The Morgan fingerprint density at radius 3 is 2.85 bits per heavy atom. The fraction of sp³-hybridized carbons (Fsp3) is 0.357. The van der Waals surface area contributed by atoms with E-state index < -0.39 is 6.04 Å². The molecule has 6 nitrogen and oxygen atoms in total. The van der Waals surface area contributed by atoms with E-state index in [2.05, 4.69) is 15.6 Å². The molecule has 0 unspecified atom stereocenters. The van der Waals surface area contributed by atoms with Gasteiger partial charge in [-0.25, -0.2) is 0 Å². The lowest BCUT2D eigenvalue weighted by molar-refractivity contribution is -0.122. The van der Waals surface area contributed by atoms with Crippen LogP contribution in [0.1, 0.15) is 12.0 Å². The van der Waals surface area contributed by atoms with Crippen molar-refractivity contribution in [2.45, 2.75) is 25.4 Å². The van der Waals surface area contributed by atoms with Crippen molar-refractivity contribution < 1.29 is 4.79 Å². The summed E-state index contributed by atoms with van der Waals surface area (Å²) >= 11 is 0. The van der Waals surface area contributed by atoms with E-state index in [1.54, 1.807) is 17.1 Å². The molecule has 0 fully saturated rings. The summed E-state index contributed by atoms with van der Waals surface area (Å²) in [6.45, 7) is 1.31. The van der Waals surface area contributed by atoms with Gasteiger partial charge >= 0.3 is 0 Å². The molecule has 2 aromatic rings. The van der Waals surface area contributed by atoms with Crippen LogP contribution < -0.4 is 11.1 Å². The maximum Gasteiger partial charge on any atom is 0.237 e. The number of hydrogen-bond acceptors (Lipinski definition) is 4. The van der Waals surface area contributed by atoms with Crippen LogP contribution in [-0.4, -0.2) is 33.5 Å². The molecule has 0 aliphatic rings. The van der Waals surface area contributed by atoms with Crippen LogP contribution >= 0.6 is 0 Å². The van der Waals surface area contributed by atoms with Gasteiger partial charge in [-0.3, -0.25) is 9.48 Å². The largest absolute Gasteiger partial charge is 0.355 e. The van der Waals surface area contributed by atoms with Gasteiger partial charge in [-0.05, 0) is 18.4 Å². The van der Waals surface area contributed by atoms with Gasteiger partial charge in [0.25, 0.3) is 0 Å². The number of nitrogens with two attached hydrogens (primary N) is 1. The summed E-state index contributed by atoms with van der Waals surface area (Å²) in [4.78, 5) is 11.8. The molecule has 1 aromatic carbocycles. The third-order valence-electron chi connectivity index (χ3n) is 2.97. The van der Waals surface area contributed by atoms with Gasteiger partial charge in [0.05, 0.1) is 12.2 Å². The first-order chi connectivity index (χ1) is 9.75. The van der Waals surface area contributed by atoms with Gasteiger partial charge in [0.1, 0.15) is 0 Å². The molecule has 0 bridgehead atoms. The van der Waals surface area contributed by atoms with E-state index in [1.807, 2.05) is 30.3 Å². The van der Waals surface area contributed by atoms with Gasteiger partial charge in [0.15, 0.2) is 0 Å². The number of amides is 1. The number of nitrogens with one attached hydrogen (secondary N) is 1. The number of carbonyl (C=O) groups is 1. The molecule has 0 saturated heterocycles. The fourth-order valence-corrected chi connectivity index (χ4v) is 1.90. The predicted molar refractivity (Wildman–Crippen MR) is 75.8 cm³/mol. The van der Waals surface area contributed by atoms with Gasteiger partial charge < -0.3 is 11.1 Å². The number of aromatic nitrogens is 3. The second-order valence-corrected chi connectivity index (χ2v) is 4.61. The Kier molecular flexibility index (Phi) is 5.25. The van der Waals surface area contributed by atoms with Crippen LogP contribution in [-0.2, 0) is 17.8 Å². The average molecular weight is 273 g/mol. The highest BCUT2D eigenvalue weighted by Crippen LogP contribution is 2.01. The molecule has 3 N–H and O–H groups in total.